The van der Waals surface area contributed by atoms with E-state index in [2.05, 4.69) is 30.8 Å². The Kier molecular flexibility index (Phi) is 5.23. The molecule has 0 radical (unpaired) electrons. The van der Waals surface area contributed by atoms with Crippen molar-refractivity contribution in [3.05, 3.63) is 52.0 Å². The Morgan fingerprint density at radius 1 is 1.39 bits per heavy atom. The maximum atomic E-state index is 6.14. The van der Waals surface area contributed by atoms with Crippen molar-refractivity contribution in [3.8, 4) is 0 Å². The first kappa shape index (κ1) is 13.6. The topological polar surface area (TPSA) is 29.9 Å². The van der Waals surface area contributed by atoms with E-state index in [1.165, 1.54) is 0 Å². The van der Waals surface area contributed by atoms with Crippen molar-refractivity contribution < 1.29 is 0 Å². The molecule has 0 aliphatic rings. The van der Waals surface area contributed by atoms with Crippen LogP contribution in [0.4, 0.5) is 0 Å². The summed E-state index contributed by atoms with van der Waals surface area (Å²) in [5, 5.41) is 4.19. The van der Waals surface area contributed by atoms with E-state index in [-0.39, 0.29) is 0 Å². The maximum Gasteiger partial charge on any atom is 0.0945 e. The fourth-order valence-electron chi connectivity index (χ4n) is 1.69. The third-order valence-corrected chi connectivity index (χ3v) is 3.50. The molecule has 0 spiro atoms. The van der Waals surface area contributed by atoms with Gasteiger partial charge in [0.15, 0.2) is 0 Å². The molecule has 2 aromatic rings. The molecule has 1 N–H and O–H groups in total. The van der Waals surface area contributed by atoms with E-state index in [1.54, 1.807) is 6.20 Å². The summed E-state index contributed by atoms with van der Waals surface area (Å²) in [6.07, 6.45) is 6.69. The van der Waals surface area contributed by atoms with Crippen LogP contribution in [-0.4, -0.2) is 16.1 Å². The van der Waals surface area contributed by atoms with Gasteiger partial charge in [-0.3, -0.25) is 0 Å². The lowest BCUT2D eigenvalue weighted by Crippen LogP contribution is -2.16. The van der Waals surface area contributed by atoms with Crippen molar-refractivity contribution in [2.45, 2.75) is 19.5 Å². The largest absolute Gasteiger partial charge is 0.337 e. The summed E-state index contributed by atoms with van der Waals surface area (Å²) in [5.74, 6) is 0. The van der Waals surface area contributed by atoms with Crippen molar-refractivity contribution in [1.29, 1.82) is 0 Å². The molecule has 0 bridgehead atoms. The Morgan fingerprint density at radius 3 is 3.00 bits per heavy atom. The van der Waals surface area contributed by atoms with E-state index in [1.807, 2.05) is 30.7 Å². The Labute approximate surface area is 120 Å². The molecule has 0 saturated heterocycles. The second-order valence-electron chi connectivity index (χ2n) is 4.07. The molecule has 0 unspecified atom stereocenters. The van der Waals surface area contributed by atoms with E-state index < -0.39 is 0 Å². The van der Waals surface area contributed by atoms with Crippen LogP contribution in [0.3, 0.4) is 0 Å². The standard InChI is InChI=1S/C13H15BrClN3/c14-12-3-2-11(13(15)8-12)9-16-4-1-6-18-7-5-17-10-18/h2-3,5,7-8,10,16H,1,4,6,9H2. The van der Waals surface area contributed by atoms with Gasteiger partial charge in [-0.15, -0.1) is 0 Å². The molecular formula is C13H15BrClN3. The first-order valence-electron chi connectivity index (χ1n) is 5.86. The summed E-state index contributed by atoms with van der Waals surface area (Å²) in [5.41, 5.74) is 1.13. The minimum Gasteiger partial charge on any atom is -0.337 e. The van der Waals surface area contributed by atoms with Crippen LogP contribution in [0.1, 0.15) is 12.0 Å². The molecule has 96 valence electrons. The maximum absolute atomic E-state index is 6.14. The molecule has 2 rings (SSSR count). The van der Waals surface area contributed by atoms with Gasteiger partial charge in [0.05, 0.1) is 6.33 Å². The second-order valence-corrected chi connectivity index (χ2v) is 5.39. The minimum atomic E-state index is 0.798. The van der Waals surface area contributed by atoms with Crippen LogP contribution in [-0.2, 0) is 13.1 Å². The van der Waals surface area contributed by atoms with Crippen LogP contribution in [0, 0.1) is 0 Å². The molecule has 1 aromatic heterocycles. The number of benzene rings is 1. The van der Waals surface area contributed by atoms with Crippen molar-refractivity contribution in [2.75, 3.05) is 6.54 Å². The molecular weight excluding hydrogens is 314 g/mol. The molecule has 3 nitrogen and oxygen atoms in total. The van der Waals surface area contributed by atoms with Gasteiger partial charge in [-0.1, -0.05) is 33.6 Å². The van der Waals surface area contributed by atoms with E-state index in [0.29, 0.717) is 0 Å². The molecule has 5 heteroatoms. The number of nitrogens with one attached hydrogen (secondary N) is 1. The number of aromatic nitrogens is 2. The van der Waals surface area contributed by atoms with Gasteiger partial charge in [0, 0.05) is 35.0 Å². The molecule has 0 aliphatic carbocycles. The molecule has 1 aromatic carbocycles. The van der Waals surface area contributed by atoms with Crippen molar-refractivity contribution >= 4 is 27.5 Å². The van der Waals surface area contributed by atoms with Crippen molar-refractivity contribution in [1.82, 2.24) is 14.9 Å². The zero-order valence-electron chi connectivity index (χ0n) is 9.94. The molecule has 0 aliphatic heterocycles. The van der Waals surface area contributed by atoms with E-state index in [9.17, 15) is 0 Å². The molecule has 0 saturated carbocycles. The van der Waals surface area contributed by atoms with Gasteiger partial charge in [0.25, 0.3) is 0 Å². The van der Waals surface area contributed by atoms with Crippen LogP contribution in [0.15, 0.2) is 41.4 Å². The molecule has 0 fully saturated rings. The average Bonchev–Trinajstić information content (AvgIpc) is 2.84. The predicted octanol–water partition coefficient (Wildman–Crippen LogP) is 3.48. The van der Waals surface area contributed by atoms with Gasteiger partial charge < -0.3 is 9.88 Å². The normalized spacial score (nSPS) is 10.8. The smallest absolute Gasteiger partial charge is 0.0945 e. The third-order valence-electron chi connectivity index (χ3n) is 2.66. The Hall–Kier alpha value is -0.840. The van der Waals surface area contributed by atoms with Gasteiger partial charge in [-0.2, -0.15) is 0 Å². The van der Waals surface area contributed by atoms with Crippen LogP contribution < -0.4 is 5.32 Å². The van der Waals surface area contributed by atoms with Crippen LogP contribution in [0.25, 0.3) is 0 Å². The van der Waals surface area contributed by atoms with E-state index in [4.69, 9.17) is 11.6 Å². The lowest BCUT2D eigenvalue weighted by Gasteiger charge is -2.07. The highest BCUT2D eigenvalue weighted by Crippen LogP contribution is 2.21. The van der Waals surface area contributed by atoms with Crippen LogP contribution >= 0.6 is 27.5 Å². The number of aryl methyl sites for hydroxylation is 1. The van der Waals surface area contributed by atoms with Gasteiger partial charge in [-0.05, 0) is 30.7 Å². The van der Waals surface area contributed by atoms with Gasteiger partial charge >= 0.3 is 0 Å². The number of hydrogen-bond acceptors (Lipinski definition) is 2. The summed E-state index contributed by atoms with van der Waals surface area (Å²) < 4.78 is 3.09. The quantitative estimate of drug-likeness (QED) is 0.823. The summed E-state index contributed by atoms with van der Waals surface area (Å²) >= 11 is 9.54. The van der Waals surface area contributed by atoms with Crippen LogP contribution in [0.2, 0.25) is 5.02 Å². The Balaban J connectivity index is 1.69. The molecule has 1 heterocycles. The third kappa shape index (κ3) is 4.12. The van der Waals surface area contributed by atoms with Crippen molar-refractivity contribution in [2.24, 2.45) is 0 Å². The predicted molar refractivity (Wildman–Crippen MR) is 77.7 cm³/mol. The fourth-order valence-corrected chi connectivity index (χ4v) is 2.43. The number of nitrogens with zero attached hydrogens (tertiary/aromatic N) is 2. The molecule has 18 heavy (non-hydrogen) atoms. The van der Waals surface area contributed by atoms with Gasteiger partial charge in [0.2, 0.25) is 0 Å². The number of rotatable bonds is 6. The average molecular weight is 329 g/mol. The first-order valence-corrected chi connectivity index (χ1v) is 7.03. The monoisotopic (exact) mass is 327 g/mol. The highest BCUT2D eigenvalue weighted by molar-refractivity contribution is 9.10. The summed E-state index contributed by atoms with van der Waals surface area (Å²) in [6.45, 7) is 2.75. The van der Waals surface area contributed by atoms with Gasteiger partial charge in [-0.25, -0.2) is 4.98 Å². The first-order chi connectivity index (χ1) is 8.75. The van der Waals surface area contributed by atoms with E-state index in [0.717, 1.165) is 41.1 Å². The lowest BCUT2D eigenvalue weighted by atomic mass is 10.2. The summed E-state index contributed by atoms with van der Waals surface area (Å²) in [7, 11) is 0. The molecule has 0 atom stereocenters. The van der Waals surface area contributed by atoms with Crippen LogP contribution in [0.5, 0.6) is 0 Å². The van der Waals surface area contributed by atoms with E-state index >= 15 is 0 Å². The lowest BCUT2D eigenvalue weighted by molar-refractivity contribution is 0.581. The Morgan fingerprint density at radius 2 is 2.28 bits per heavy atom. The Bertz CT molecular complexity index is 485. The zero-order valence-corrected chi connectivity index (χ0v) is 12.3. The van der Waals surface area contributed by atoms with Gasteiger partial charge in [0.1, 0.15) is 0 Å². The SMILES string of the molecule is Clc1cc(Br)ccc1CNCCCn1ccnc1. The summed E-state index contributed by atoms with van der Waals surface area (Å²) in [4.78, 5) is 4.01. The van der Waals surface area contributed by atoms with Crippen molar-refractivity contribution in [3.63, 3.8) is 0 Å². The summed E-state index contributed by atoms with van der Waals surface area (Å²) in [6, 6.07) is 5.97. The molecule has 0 amide bonds. The highest BCUT2D eigenvalue weighted by Gasteiger charge is 2.00. The number of imidazole rings is 1. The number of hydrogen-bond donors (Lipinski definition) is 1. The number of halogens is 2. The minimum absolute atomic E-state index is 0.798. The fraction of sp³-hybridized carbons (Fsp3) is 0.308. The highest BCUT2D eigenvalue weighted by atomic mass is 79.9. The zero-order chi connectivity index (χ0) is 12.8. The second kappa shape index (κ2) is 6.92.